The van der Waals surface area contributed by atoms with Crippen molar-refractivity contribution in [2.24, 2.45) is 0 Å². The van der Waals surface area contributed by atoms with E-state index in [1.165, 1.54) is 38.5 Å². The topological polar surface area (TPSA) is 76.1 Å². The molecule has 0 aromatic rings. The third-order valence-corrected chi connectivity index (χ3v) is 7.07. The highest BCUT2D eigenvalue weighted by molar-refractivity contribution is 5.69. The minimum absolute atomic E-state index is 0.0386. The summed E-state index contributed by atoms with van der Waals surface area (Å²) in [5, 5.41) is 9.38. The Hall–Kier alpha value is -1.40. The highest BCUT2D eigenvalue weighted by atomic mass is 16.5. The van der Waals surface area contributed by atoms with Gasteiger partial charge < -0.3 is 19.5 Å². The van der Waals surface area contributed by atoms with Crippen molar-refractivity contribution >= 4 is 11.9 Å². The Morgan fingerprint density at radius 3 is 1.63 bits per heavy atom. The molecular weight excluding hydrogens is 478 g/mol. The lowest BCUT2D eigenvalue weighted by Gasteiger charge is -2.21. The first-order valence-electron chi connectivity index (χ1n) is 15.8. The number of hydrogen-bond donors (Lipinski definition) is 1. The Labute approximate surface area is 234 Å². The summed E-state index contributed by atoms with van der Waals surface area (Å²) in [6.07, 6.45) is 21.3. The van der Waals surface area contributed by atoms with E-state index in [-0.39, 0.29) is 18.5 Å². The van der Waals surface area contributed by atoms with Crippen LogP contribution < -0.4 is 0 Å². The fraction of sp³-hybridized carbons (Fsp3) is 0.875. The molecule has 6 nitrogen and oxygen atoms in total. The van der Waals surface area contributed by atoms with Crippen molar-refractivity contribution in [2.75, 3.05) is 39.5 Å². The molecule has 0 aromatic carbocycles. The minimum Gasteiger partial charge on any atom is -0.466 e. The van der Waals surface area contributed by atoms with Gasteiger partial charge in [0, 0.05) is 19.4 Å². The average molecular weight is 540 g/mol. The molecule has 6 heteroatoms. The molecule has 0 fully saturated rings. The monoisotopic (exact) mass is 539 g/mol. The van der Waals surface area contributed by atoms with Crippen LogP contribution in [0.2, 0.25) is 0 Å². The van der Waals surface area contributed by atoms with Crippen LogP contribution in [0.5, 0.6) is 0 Å². The van der Waals surface area contributed by atoms with Crippen LogP contribution in [0.25, 0.3) is 0 Å². The van der Waals surface area contributed by atoms with Gasteiger partial charge in [-0.25, -0.2) is 0 Å². The van der Waals surface area contributed by atoms with Gasteiger partial charge in [-0.3, -0.25) is 9.59 Å². The molecule has 0 saturated carbocycles. The summed E-state index contributed by atoms with van der Waals surface area (Å²) in [4.78, 5) is 25.9. The Morgan fingerprint density at radius 2 is 1.11 bits per heavy atom. The van der Waals surface area contributed by atoms with Crippen LogP contribution in [-0.2, 0) is 19.1 Å². The van der Waals surface area contributed by atoms with Gasteiger partial charge in [-0.05, 0) is 57.2 Å². The standard InChI is InChI=1S/C32H61NO5/c1-4-6-7-8-9-16-21-28-37-31(35)22-17-12-10-14-19-24-33(26-27-34)25-20-15-11-13-18-23-32(36)38-29-30(3)5-2/h34H,3-29H2,1-2H3. The second kappa shape index (κ2) is 28.6. The minimum atomic E-state index is -0.118. The predicted molar refractivity (Wildman–Crippen MR) is 158 cm³/mol. The fourth-order valence-electron chi connectivity index (χ4n) is 4.42. The van der Waals surface area contributed by atoms with Gasteiger partial charge in [-0.1, -0.05) is 97.5 Å². The number of nitrogens with zero attached hydrogens (tertiary/aromatic N) is 1. The molecule has 0 atom stereocenters. The summed E-state index contributed by atoms with van der Waals surface area (Å²) in [6.45, 7) is 12.0. The van der Waals surface area contributed by atoms with Gasteiger partial charge in [-0.15, -0.1) is 0 Å². The molecule has 224 valence electrons. The molecule has 0 rings (SSSR count). The van der Waals surface area contributed by atoms with Gasteiger partial charge >= 0.3 is 11.9 Å². The smallest absolute Gasteiger partial charge is 0.306 e. The predicted octanol–water partition coefficient (Wildman–Crippen LogP) is 7.77. The molecule has 0 spiro atoms. The van der Waals surface area contributed by atoms with Crippen molar-refractivity contribution in [3.63, 3.8) is 0 Å². The van der Waals surface area contributed by atoms with Crippen molar-refractivity contribution in [1.29, 1.82) is 0 Å². The van der Waals surface area contributed by atoms with Gasteiger partial charge in [0.05, 0.1) is 13.2 Å². The summed E-state index contributed by atoms with van der Waals surface area (Å²) in [5.41, 5.74) is 0.956. The van der Waals surface area contributed by atoms with Crippen molar-refractivity contribution in [3.05, 3.63) is 12.2 Å². The number of rotatable bonds is 29. The summed E-state index contributed by atoms with van der Waals surface area (Å²) in [5.74, 6) is -0.157. The normalized spacial score (nSPS) is 11.2. The van der Waals surface area contributed by atoms with Crippen molar-refractivity contribution in [2.45, 2.75) is 142 Å². The van der Waals surface area contributed by atoms with E-state index in [2.05, 4.69) is 18.4 Å². The molecule has 0 heterocycles. The van der Waals surface area contributed by atoms with E-state index in [9.17, 15) is 14.7 Å². The van der Waals surface area contributed by atoms with Crippen molar-refractivity contribution in [1.82, 2.24) is 4.90 Å². The molecule has 0 amide bonds. The quantitative estimate of drug-likeness (QED) is 0.0594. The second-order valence-electron chi connectivity index (χ2n) is 10.7. The summed E-state index contributed by atoms with van der Waals surface area (Å²) < 4.78 is 10.6. The maximum absolute atomic E-state index is 11.9. The molecule has 38 heavy (non-hydrogen) atoms. The third-order valence-electron chi connectivity index (χ3n) is 7.07. The lowest BCUT2D eigenvalue weighted by Crippen LogP contribution is -2.29. The van der Waals surface area contributed by atoms with E-state index in [1.54, 1.807) is 0 Å². The van der Waals surface area contributed by atoms with Crippen LogP contribution in [0, 0.1) is 0 Å². The van der Waals surface area contributed by atoms with Gasteiger partial charge in [0.2, 0.25) is 0 Å². The molecule has 0 aliphatic heterocycles. The van der Waals surface area contributed by atoms with Crippen LogP contribution in [0.3, 0.4) is 0 Å². The maximum atomic E-state index is 11.9. The van der Waals surface area contributed by atoms with Crippen molar-refractivity contribution in [3.8, 4) is 0 Å². The molecule has 1 N–H and O–H groups in total. The first kappa shape index (κ1) is 36.6. The molecule has 0 radical (unpaired) electrons. The van der Waals surface area contributed by atoms with Crippen LogP contribution in [0.1, 0.15) is 142 Å². The molecular formula is C32H61NO5. The number of carbonyl (C=O) groups excluding carboxylic acids is 2. The molecule has 0 aromatic heterocycles. The number of esters is 2. The highest BCUT2D eigenvalue weighted by Gasteiger charge is 2.06. The number of hydrogen-bond acceptors (Lipinski definition) is 6. The summed E-state index contributed by atoms with van der Waals surface area (Å²) in [6, 6.07) is 0. The second-order valence-corrected chi connectivity index (χ2v) is 10.7. The SMILES string of the molecule is C=C(CC)COC(=O)CCCCCCCN(CCO)CCCCCCCC(=O)OCCCCCCCCC. The molecule has 0 saturated heterocycles. The average Bonchev–Trinajstić information content (AvgIpc) is 2.91. The van der Waals surface area contributed by atoms with E-state index in [0.717, 1.165) is 102 Å². The van der Waals surface area contributed by atoms with E-state index in [0.29, 0.717) is 26.1 Å². The third kappa shape index (κ3) is 26.2. The zero-order chi connectivity index (χ0) is 28.1. The molecule has 0 bridgehead atoms. The zero-order valence-corrected chi connectivity index (χ0v) is 25.1. The Balaban J connectivity index is 3.58. The van der Waals surface area contributed by atoms with E-state index in [4.69, 9.17) is 9.47 Å². The number of unbranched alkanes of at least 4 members (excludes halogenated alkanes) is 14. The van der Waals surface area contributed by atoms with Crippen LogP contribution in [0.15, 0.2) is 12.2 Å². The number of aliphatic hydroxyl groups is 1. The van der Waals surface area contributed by atoms with Crippen LogP contribution in [0.4, 0.5) is 0 Å². The van der Waals surface area contributed by atoms with Crippen molar-refractivity contribution < 1.29 is 24.2 Å². The van der Waals surface area contributed by atoms with Crippen LogP contribution >= 0.6 is 0 Å². The van der Waals surface area contributed by atoms with Gasteiger partial charge in [0.15, 0.2) is 0 Å². The number of carbonyl (C=O) groups is 2. The van der Waals surface area contributed by atoms with Crippen LogP contribution in [-0.4, -0.2) is 61.4 Å². The van der Waals surface area contributed by atoms with E-state index < -0.39 is 0 Å². The highest BCUT2D eigenvalue weighted by Crippen LogP contribution is 2.11. The lowest BCUT2D eigenvalue weighted by atomic mass is 10.1. The Morgan fingerprint density at radius 1 is 0.632 bits per heavy atom. The van der Waals surface area contributed by atoms with Gasteiger partial charge in [0.25, 0.3) is 0 Å². The number of aliphatic hydroxyl groups excluding tert-OH is 1. The Bertz CT molecular complexity index is 566. The van der Waals surface area contributed by atoms with E-state index in [1.807, 2.05) is 6.92 Å². The number of ether oxygens (including phenoxy) is 2. The maximum Gasteiger partial charge on any atom is 0.306 e. The van der Waals surface area contributed by atoms with E-state index >= 15 is 0 Å². The van der Waals surface area contributed by atoms with Gasteiger partial charge in [0.1, 0.15) is 6.61 Å². The Kier molecular flexibility index (Phi) is 27.6. The lowest BCUT2D eigenvalue weighted by molar-refractivity contribution is -0.144. The summed E-state index contributed by atoms with van der Waals surface area (Å²) >= 11 is 0. The first-order valence-corrected chi connectivity index (χ1v) is 15.8. The molecule has 0 unspecified atom stereocenters. The molecule has 0 aliphatic carbocycles. The van der Waals surface area contributed by atoms with Gasteiger partial charge in [-0.2, -0.15) is 0 Å². The zero-order valence-electron chi connectivity index (χ0n) is 25.1. The first-order chi connectivity index (χ1) is 18.5. The summed E-state index contributed by atoms with van der Waals surface area (Å²) in [7, 11) is 0. The molecule has 0 aliphatic rings. The fourth-order valence-corrected chi connectivity index (χ4v) is 4.42. The largest absolute Gasteiger partial charge is 0.466 e.